The SMILES string of the molecule is Cc1ccccc1CC(Br)c1ccc(I)cc1. The van der Waals surface area contributed by atoms with Crippen molar-refractivity contribution in [2.45, 2.75) is 18.2 Å². The van der Waals surface area contributed by atoms with Crippen molar-refractivity contribution in [3.63, 3.8) is 0 Å². The van der Waals surface area contributed by atoms with Crippen molar-refractivity contribution in [1.29, 1.82) is 0 Å². The van der Waals surface area contributed by atoms with E-state index in [1.54, 1.807) is 0 Å². The summed E-state index contributed by atoms with van der Waals surface area (Å²) in [4.78, 5) is 0.389. The maximum absolute atomic E-state index is 3.78. The van der Waals surface area contributed by atoms with Crippen LogP contribution in [0.2, 0.25) is 0 Å². The van der Waals surface area contributed by atoms with E-state index in [1.165, 1.54) is 20.3 Å². The third-order valence-corrected chi connectivity index (χ3v) is 4.46. The van der Waals surface area contributed by atoms with Crippen LogP contribution in [0.5, 0.6) is 0 Å². The molecule has 0 aliphatic carbocycles. The first kappa shape index (κ1) is 13.1. The third-order valence-electron chi connectivity index (χ3n) is 2.89. The van der Waals surface area contributed by atoms with E-state index in [0.717, 1.165) is 6.42 Å². The molecule has 0 nitrogen and oxygen atoms in total. The Morgan fingerprint density at radius 1 is 1.06 bits per heavy atom. The van der Waals surface area contributed by atoms with Crippen LogP contribution in [-0.2, 0) is 6.42 Å². The number of halogens is 2. The molecule has 0 N–H and O–H groups in total. The smallest absolute Gasteiger partial charge is 0.0435 e. The normalized spacial score (nSPS) is 12.4. The molecule has 0 saturated carbocycles. The van der Waals surface area contributed by atoms with Crippen LogP contribution in [0.3, 0.4) is 0 Å². The molecule has 0 aromatic heterocycles. The number of benzene rings is 2. The first-order valence-electron chi connectivity index (χ1n) is 5.61. The highest BCUT2D eigenvalue weighted by molar-refractivity contribution is 14.1. The van der Waals surface area contributed by atoms with Gasteiger partial charge in [0.1, 0.15) is 0 Å². The zero-order chi connectivity index (χ0) is 12.3. The van der Waals surface area contributed by atoms with E-state index in [9.17, 15) is 0 Å². The van der Waals surface area contributed by atoms with Gasteiger partial charge in [0.05, 0.1) is 0 Å². The second-order valence-electron chi connectivity index (χ2n) is 4.15. The molecule has 0 saturated heterocycles. The fraction of sp³-hybridized carbons (Fsp3) is 0.200. The molecule has 0 bridgehead atoms. The van der Waals surface area contributed by atoms with Crippen molar-refractivity contribution in [1.82, 2.24) is 0 Å². The molecule has 2 rings (SSSR count). The van der Waals surface area contributed by atoms with Gasteiger partial charge in [-0.1, -0.05) is 52.3 Å². The average molecular weight is 401 g/mol. The van der Waals surface area contributed by atoms with Crippen molar-refractivity contribution in [2.75, 3.05) is 0 Å². The Hall–Kier alpha value is -0.350. The molecule has 0 heterocycles. The number of hydrogen-bond donors (Lipinski definition) is 0. The largest absolute Gasteiger partial charge is 0.0835 e. The Kier molecular flexibility index (Phi) is 4.62. The second kappa shape index (κ2) is 6.01. The molecule has 0 aliphatic heterocycles. The predicted molar refractivity (Wildman–Crippen MR) is 85.7 cm³/mol. The van der Waals surface area contributed by atoms with E-state index >= 15 is 0 Å². The van der Waals surface area contributed by atoms with E-state index in [1.807, 2.05) is 0 Å². The maximum atomic E-state index is 3.78. The molecule has 0 amide bonds. The van der Waals surface area contributed by atoms with Gasteiger partial charge in [-0.05, 0) is 64.8 Å². The number of aryl methyl sites for hydroxylation is 1. The van der Waals surface area contributed by atoms with Crippen LogP contribution in [0.1, 0.15) is 21.5 Å². The first-order valence-corrected chi connectivity index (χ1v) is 7.60. The molecule has 88 valence electrons. The summed E-state index contributed by atoms with van der Waals surface area (Å²) in [6, 6.07) is 17.3. The van der Waals surface area contributed by atoms with Gasteiger partial charge in [-0.2, -0.15) is 0 Å². The lowest BCUT2D eigenvalue weighted by atomic mass is 10.0. The van der Waals surface area contributed by atoms with Crippen LogP contribution < -0.4 is 0 Å². The molecule has 0 spiro atoms. The van der Waals surface area contributed by atoms with Gasteiger partial charge in [0.25, 0.3) is 0 Å². The summed E-state index contributed by atoms with van der Waals surface area (Å²) in [5.41, 5.74) is 4.11. The number of hydrogen-bond acceptors (Lipinski definition) is 0. The highest BCUT2D eigenvalue weighted by Crippen LogP contribution is 2.28. The van der Waals surface area contributed by atoms with Gasteiger partial charge in [0, 0.05) is 8.40 Å². The Morgan fingerprint density at radius 2 is 1.71 bits per heavy atom. The van der Waals surface area contributed by atoms with Crippen LogP contribution in [0.15, 0.2) is 48.5 Å². The van der Waals surface area contributed by atoms with Gasteiger partial charge < -0.3 is 0 Å². The van der Waals surface area contributed by atoms with E-state index in [0.29, 0.717) is 4.83 Å². The Bertz CT molecular complexity index is 491. The Morgan fingerprint density at radius 3 is 2.35 bits per heavy atom. The second-order valence-corrected chi connectivity index (χ2v) is 6.50. The van der Waals surface area contributed by atoms with Crippen LogP contribution in [-0.4, -0.2) is 0 Å². The first-order chi connectivity index (χ1) is 8.16. The highest BCUT2D eigenvalue weighted by atomic mass is 127. The lowest BCUT2D eigenvalue weighted by Gasteiger charge is -2.12. The molecule has 2 aromatic carbocycles. The summed E-state index contributed by atoms with van der Waals surface area (Å²) >= 11 is 6.11. The van der Waals surface area contributed by atoms with Crippen molar-refractivity contribution < 1.29 is 0 Å². The van der Waals surface area contributed by atoms with E-state index < -0.39 is 0 Å². The molecule has 2 heteroatoms. The summed E-state index contributed by atoms with van der Waals surface area (Å²) in [7, 11) is 0. The molecule has 0 fully saturated rings. The van der Waals surface area contributed by atoms with Gasteiger partial charge >= 0.3 is 0 Å². The van der Waals surface area contributed by atoms with Crippen LogP contribution in [0, 0.1) is 10.5 Å². The highest BCUT2D eigenvalue weighted by Gasteiger charge is 2.09. The summed E-state index contributed by atoms with van der Waals surface area (Å²) in [5.74, 6) is 0. The van der Waals surface area contributed by atoms with Crippen molar-refractivity contribution in [3.05, 3.63) is 68.8 Å². The zero-order valence-electron chi connectivity index (χ0n) is 9.66. The zero-order valence-corrected chi connectivity index (χ0v) is 13.4. The van der Waals surface area contributed by atoms with Gasteiger partial charge in [-0.3, -0.25) is 0 Å². The van der Waals surface area contributed by atoms with Crippen LogP contribution >= 0.6 is 38.5 Å². The Labute approximate surface area is 125 Å². The minimum absolute atomic E-state index is 0.389. The summed E-state index contributed by atoms with van der Waals surface area (Å²) in [6.07, 6.45) is 1.03. The van der Waals surface area contributed by atoms with Crippen molar-refractivity contribution in [2.24, 2.45) is 0 Å². The van der Waals surface area contributed by atoms with E-state index in [4.69, 9.17) is 0 Å². The Balaban J connectivity index is 2.14. The average Bonchev–Trinajstić information content (AvgIpc) is 2.33. The van der Waals surface area contributed by atoms with Gasteiger partial charge in [-0.25, -0.2) is 0 Å². The quantitative estimate of drug-likeness (QED) is 0.485. The summed E-state index contributed by atoms with van der Waals surface area (Å²) < 4.78 is 1.28. The molecule has 0 radical (unpaired) electrons. The van der Waals surface area contributed by atoms with E-state index in [-0.39, 0.29) is 0 Å². The molecular formula is C15H14BrI. The lowest BCUT2D eigenvalue weighted by Crippen LogP contribution is -1.97. The fourth-order valence-electron chi connectivity index (χ4n) is 1.82. The topological polar surface area (TPSA) is 0 Å². The van der Waals surface area contributed by atoms with Crippen molar-refractivity contribution >= 4 is 38.5 Å². The van der Waals surface area contributed by atoms with Crippen LogP contribution in [0.25, 0.3) is 0 Å². The van der Waals surface area contributed by atoms with E-state index in [2.05, 4.69) is 94.0 Å². The minimum atomic E-state index is 0.389. The molecule has 1 atom stereocenters. The number of rotatable bonds is 3. The molecular weight excluding hydrogens is 387 g/mol. The van der Waals surface area contributed by atoms with Crippen molar-refractivity contribution in [3.8, 4) is 0 Å². The number of alkyl halides is 1. The minimum Gasteiger partial charge on any atom is -0.0835 e. The molecule has 1 unspecified atom stereocenters. The third kappa shape index (κ3) is 3.55. The van der Waals surface area contributed by atoms with Gasteiger partial charge in [-0.15, -0.1) is 0 Å². The standard InChI is InChI=1S/C15H14BrI/c1-11-4-2-3-5-13(11)10-15(16)12-6-8-14(17)9-7-12/h2-9,15H,10H2,1H3. The molecule has 17 heavy (non-hydrogen) atoms. The predicted octanol–water partition coefficient (Wildman–Crippen LogP) is 5.28. The maximum Gasteiger partial charge on any atom is 0.0435 e. The molecule has 0 aliphatic rings. The lowest BCUT2D eigenvalue weighted by molar-refractivity contribution is 0.938. The monoisotopic (exact) mass is 400 g/mol. The molecule has 2 aromatic rings. The van der Waals surface area contributed by atoms with Crippen LogP contribution in [0.4, 0.5) is 0 Å². The van der Waals surface area contributed by atoms with Gasteiger partial charge in [0.2, 0.25) is 0 Å². The summed E-state index contributed by atoms with van der Waals surface area (Å²) in [5, 5.41) is 0. The van der Waals surface area contributed by atoms with Gasteiger partial charge in [0.15, 0.2) is 0 Å². The summed E-state index contributed by atoms with van der Waals surface area (Å²) in [6.45, 7) is 2.17. The fourth-order valence-corrected chi connectivity index (χ4v) is 2.84.